The highest BCUT2D eigenvalue weighted by molar-refractivity contribution is 5.82. The average Bonchev–Trinajstić information content (AvgIpc) is 2.43. The van der Waals surface area contributed by atoms with Crippen LogP contribution in [0.4, 0.5) is 13.2 Å². The zero-order valence-electron chi connectivity index (χ0n) is 10.9. The van der Waals surface area contributed by atoms with Crippen LogP contribution in [0.3, 0.4) is 0 Å². The third-order valence-corrected chi connectivity index (χ3v) is 2.86. The minimum absolute atomic E-state index is 0.0418. The Morgan fingerprint density at radius 2 is 1.86 bits per heavy atom. The molecule has 108 valence electrons. The summed E-state index contributed by atoms with van der Waals surface area (Å²) in [7, 11) is 0. The monoisotopic (exact) mass is 292 g/mol. The first-order valence-electron chi connectivity index (χ1n) is 5.98. The third-order valence-electron chi connectivity index (χ3n) is 2.86. The average molecular weight is 292 g/mol. The maximum Gasteiger partial charge on any atom is 0.423 e. The summed E-state index contributed by atoms with van der Waals surface area (Å²) >= 11 is 0. The molecule has 0 aliphatic heterocycles. The predicted molar refractivity (Wildman–Crippen MR) is 75.9 cm³/mol. The molecule has 0 unspecified atom stereocenters. The SMILES string of the molecule is C=C/C=C(\C=C)c1oc2ccccc2c(=O)c1C(F)(F)F. The van der Waals surface area contributed by atoms with Crippen molar-refractivity contribution in [1.82, 2.24) is 0 Å². The fourth-order valence-corrected chi connectivity index (χ4v) is 1.97. The van der Waals surface area contributed by atoms with Gasteiger partial charge in [0.05, 0.1) is 5.39 Å². The molecule has 1 aromatic heterocycles. The van der Waals surface area contributed by atoms with Gasteiger partial charge in [-0.2, -0.15) is 13.2 Å². The van der Waals surface area contributed by atoms with Crippen LogP contribution in [0.15, 0.2) is 64.9 Å². The van der Waals surface area contributed by atoms with Gasteiger partial charge in [-0.3, -0.25) is 4.79 Å². The van der Waals surface area contributed by atoms with Gasteiger partial charge in [-0.1, -0.05) is 43.5 Å². The van der Waals surface area contributed by atoms with E-state index in [1.165, 1.54) is 36.4 Å². The van der Waals surface area contributed by atoms with E-state index in [4.69, 9.17) is 4.42 Å². The summed E-state index contributed by atoms with van der Waals surface area (Å²) in [6, 6.07) is 5.79. The van der Waals surface area contributed by atoms with E-state index < -0.39 is 22.9 Å². The van der Waals surface area contributed by atoms with Gasteiger partial charge in [-0.15, -0.1) is 0 Å². The largest absolute Gasteiger partial charge is 0.455 e. The van der Waals surface area contributed by atoms with E-state index in [2.05, 4.69) is 13.2 Å². The normalized spacial score (nSPS) is 12.4. The Morgan fingerprint density at radius 3 is 2.43 bits per heavy atom. The number of allylic oxidation sites excluding steroid dienone is 4. The van der Waals surface area contributed by atoms with Crippen molar-refractivity contribution < 1.29 is 17.6 Å². The molecule has 2 nitrogen and oxygen atoms in total. The molecule has 5 heteroatoms. The van der Waals surface area contributed by atoms with Crippen LogP contribution in [0.2, 0.25) is 0 Å². The molecule has 0 radical (unpaired) electrons. The maximum atomic E-state index is 13.2. The summed E-state index contributed by atoms with van der Waals surface area (Å²) in [6.45, 7) is 6.87. The molecule has 21 heavy (non-hydrogen) atoms. The number of para-hydroxylation sites is 1. The summed E-state index contributed by atoms with van der Waals surface area (Å²) in [5, 5.41) is -0.115. The Labute approximate surface area is 118 Å². The summed E-state index contributed by atoms with van der Waals surface area (Å²) < 4.78 is 45.0. The van der Waals surface area contributed by atoms with Gasteiger partial charge in [-0.25, -0.2) is 0 Å². The summed E-state index contributed by atoms with van der Waals surface area (Å²) in [5.74, 6) is -0.555. The van der Waals surface area contributed by atoms with E-state index in [-0.39, 0.29) is 16.5 Å². The lowest BCUT2D eigenvalue weighted by atomic mass is 10.0. The van der Waals surface area contributed by atoms with Gasteiger partial charge in [-0.05, 0) is 12.1 Å². The van der Waals surface area contributed by atoms with Gasteiger partial charge < -0.3 is 4.42 Å². The first-order valence-corrected chi connectivity index (χ1v) is 5.98. The van der Waals surface area contributed by atoms with Crippen LogP contribution < -0.4 is 5.43 Å². The van der Waals surface area contributed by atoms with Gasteiger partial charge in [0.1, 0.15) is 11.1 Å². The molecule has 1 aromatic carbocycles. The van der Waals surface area contributed by atoms with Crippen LogP contribution in [0.5, 0.6) is 0 Å². The molecule has 0 amide bonds. The van der Waals surface area contributed by atoms with Crippen molar-refractivity contribution in [2.24, 2.45) is 0 Å². The van der Waals surface area contributed by atoms with E-state index in [1.54, 1.807) is 6.07 Å². The molecule has 0 saturated carbocycles. The highest BCUT2D eigenvalue weighted by atomic mass is 19.4. The second kappa shape index (κ2) is 5.44. The zero-order chi connectivity index (χ0) is 15.6. The van der Waals surface area contributed by atoms with Crippen LogP contribution in [0, 0.1) is 0 Å². The Bertz CT molecular complexity index is 795. The van der Waals surface area contributed by atoms with Crippen molar-refractivity contribution in [1.29, 1.82) is 0 Å². The minimum atomic E-state index is -4.83. The van der Waals surface area contributed by atoms with Crippen molar-refractivity contribution in [3.8, 4) is 0 Å². The summed E-state index contributed by atoms with van der Waals surface area (Å²) in [6.07, 6.45) is -1.05. The van der Waals surface area contributed by atoms with Crippen LogP contribution in [0.25, 0.3) is 16.5 Å². The second-order valence-corrected chi connectivity index (χ2v) is 4.19. The molecule has 1 heterocycles. The molecule has 0 N–H and O–H groups in total. The summed E-state index contributed by atoms with van der Waals surface area (Å²) in [4.78, 5) is 12.2. The fourth-order valence-electron chi connectivity index (χ4n) is 1.97. The maximum absolute atomic E-state index is 13.2. The number of rotatable bonds is 3. The number of fused-ring (bicyclic) bond motifs is 1. The molecule has 0 saturated heterocycles. The topological polar surface area (TPSA) is 30.2 Å². The van der Waals surface area contributed by atoms with Crippen LogP contribution in [-0.4, -0.2) is 0 Å². The lowest BCUT2D eigenvalue weighted by molar-refractivity contribution is -0.139. The minimum Gasteiger partial charge on any atom is -0.455 e. The van der Waals surface area contributed by atoms with Gasteiger partial charge in [0.25, 0.3) is 0 Å². The number of benzene rings is 1. The number of alkyl halides is 3. The van der Waals surface area contributed by atoms with Crippen LogP contribution in [0.1, 0.15) is 11.3 Å². The van der Waals surface area contributed by atoms with Gasteiger partial charge in [0, 0.05) is 5.57 Å². The molecule has 0 atom stereocenters. The van der Waals surface area contributed by atoms with E-state index >= 15 is 0 Å². The summed E-state index contributed by atoms with van der Waals surface area (Å²) in [5.41, 5.74) is -2.33. The Hall–Kier alpha value is -2.56. The predicted octanol–water partition coefficient (Wildman–Crippen LogP) is 4.57. The molecular formula is C16H11F3O2. The quantitative estimate of drug-likeness (QED) is 0.776. The standard InChI is InChI=1S/C16H11F3O2/c1-3-7-10(4-2)15-13(16(17,18)19)14(20)11-8-5-6-9-12(11)21-15/h3-9H,1-2H2/b10-7+. The Balaban J connectivity index is 2.98. The first-order chi connectivity index (χ1) is 9.90. The van der Waals surface area contributed by atoms with E-state index in [9.17, 15) is 18.0 Å². The van der Waals surface area contributed by atoms with Gasteiger partial charge in [0.15, 0.2) is 5.76 Å². The van der Waals surface area contributed by atoms with E-state index in [1.807, 2.05) is 0 Å². The van der Waals surface area contributed by atoms with Gasteiger partial charge in [0.2, 0.25) is 5.43 Å². The van der Waals surface area contributed by atoms with Crippen molar-refractivity contribution in [3.05, 3.63) is 77.2 Å². The molecule has 0 fully saturated rings. The highest BCUT2D eigenvalue weighted by Crippen LogP contribution is 2.34. The number of halogens is 3. The molecule has 0 aliphatic carbocycles. The smallest absolute Gasteiger partial charge is 0.423 e. The van der Waals surface area contributed by atoms with E-state index in [0.717, 1.165) is 0 Å². The van der Waals surface area contributed by atoms with Crippen molar-refractivity contribution in [2.45, 2.75) is 6.18 Å². The van der Waals surface area contributed by atoms with Crippen LogP contribution in [-0.2, 0) is 6.18 Å². The first kappa shape index (κ1) is 14.8. The fraction of sp³-hybridized carbons (Fsp3) is 0.0625. The van der Waals surface area contributed by atoms with E-state index in [0.29, 0.717) is 0 Å². The van der Waals surface area contributed by atoms with Crippen molar-refractivity contribution in [2.75, 3.05) is 0 Å². The molecule has 0 bridgehead atoms. The second-order valence-electron chi connectivity index (χ2n) is 4.19. The Morgan fingerprint density at radius 1 is 1.19 bits per heavy atom. The lowest BCUT2D eigenvalue weighted by Gasteiger charge is -2.12. The molecule has 2 aromatic rings. The van der Waals surface area contributed by atoms with Crippen molar-refractivity contribution in [3.63, 3.8) is 0 Å². The highest BCUT2D eigenvalue weighted by Gasteiger charge is 2.39. The van der Waals surface area contributed by atoms with Gasteiger partial charge >= 0.3 is 6.18 Å². The molecule has 2 rings (SSSR count). The number of hydrogen-bond donors (Lipinski definition) is 0. The Kier molecular flexibility index (Phi) is 3.84. The molecule has 0 aliphatic rings. The van der Waals surface area contributed by atoms with Crippen molar-refractivity contribution >= 4 is 16.5 Å². The zero-order valence-corrected chi connectivity index (χ0v) is 10.9. The van der Waals surface area contributed by atoms with Crippen LogP contribution >= 0.6 is 0 Å². The lowest BCUT2D eigenvalue weighted by Crippen LogP contribution is -2.21. The third kappa shape index (κ3) is 2.67. The number of hydrogen-bond acceptors (Lipinski definition) is 2. The molecule has 0 spiro atoms. The molecular weight excluding hydrogens is 281 g/mol.